The van der Waals surface area contributed by atoms with E-state index in [0.717, 1.165) is 11.3 Å². The summed E-state index contributed by atoms with van der Waals surface area (Å²) >= 11 is 17.7. The van der Waals surface area contributed by atoms with Crippen LogP contribution in [0.2, 0.25) is 10.0 Å². The van der Waals surface area contributed by atoms with Gasteiger partial charge in [-0.1, -0.05) is 23.2 Å². The molecule has 1 amide bonds. The monoisotopic (exact) mass is 291 g/mol. The zero-order chi connectivity index (χ0) is 12.6. The van der Waals surface area contributed by atoms with Crippen molar-refractivity contribution in [3.8, 4) is 0 Å². The molecule has 0 radical (unpaired) electrons. The summed E-state index contributed by atoms with van der Waals surface area (Å²) in [6, 6.07) is 3.52. The minimum absolute atomic E-state index is 0.0946. The van der Waals surface area contributed by atoms with Crippen molar-refractivity contribution in [1.82, 2.24) is 0 Å². The summed E-state index contributed by atoms with van der Waals surface area (Å²) in [6.45, 7) is 2.57. The molecule has 2 rings (SSSR count). The average Bonchev–Trinajstić information content (AvgIpc) is 2.65. The normalized spacial score (nSPS) is 20.1. The number of amides is 1. The van der Waals surface area contributed by atoms with Gasteiger partial charge in [-0.2, -0.15) is 0 Å². The Labute approximate surface area is 115 Å². The Morgan fingerprint density at radius 3 is 2.59 bits per heavy atom. The van der Waals surface area contributed by atoms with Crippen LogP contribution in [0, 0.1) is 12.8 Å². The molecule has 1 aliphatic heterocycles. The van der Waals surface area contributed by atoms with Crippen LogP contribution in [0.25, 0.3) is 0 Å². The van der Waals surface area contributed by atoms with Crippen LogP contribution < -0.4 is 4.90 Å². The smallest absolute Gasteiger partial charge is 0.227 e. The number of aryl methyl sites for hydroxylation is 1. The number of hydrogen-bond donors (Lipinski definition) is 0. The van der Waals surface area contributed by atoms with Gasteiger partial charge in [0.25, 0.3) is 0 Å². The predicted octanol–water partition coefficient (Wildman–Crippen LogP) is 3.89. The Morgan fingerprint density at radius 1 is 1.35 bits per heavy atom. The second-order valence-corrected chi connectivity index (χ2v) is 5.40. The summed E-state index contributed by atoms with van der Waals surface area (Å²) in [7, 11) is 0. The molecule has 5 heteroatoms. The van der Waals surface area contributed by atoms with E-state index in [1.807, 2.05) is 6.92 Å². The van der Waals surface area contributed by atoms with Crippen molar-refractivity contribution in [2.75, 3.05) is 17.3 Å². The molecule has 0 bridgehead atoms. The minimum atomic E-state index is 0.0946. The number of anilines is 1. The molecule has 1 atom stereocenters. The molecule has 92 valence electrons. The molecule has 1 saturated heterocycles. The number of benzene rings is 1. The van der Waals surface area contributed by atoms with Crippen molar-refractivity contribution in [1.29, 1.82) is 0 Å². The zero-order valence-corrected chi connectivity index (χ0v) is 11.6. The first-order valence-electron chi connectivity index (χ1n) is 5.35. The molecule has 0 aromatic heterocycles. The number of hydrogen-bond acceptors (Lipinski definition) is 1. The molecule has 1 fully saturated rings. The highest BCUT2D eigenvalue weighted by atomic mass is 35.5. The van der Waals surface area contributed by atoms with Crippen LogP contribution >= 0.6 is 34.8 Å². The van der Waals surface area contributed by atoms with Gasteiger partial charge in [-0.15, -0.1) is 11.6 Å². The van der Waals surface area contributed by atoms with Crippen LogP contribution in [-0.4, -0.2) is 18.3 Å². The summed E-state index contributed by atoms with van der Waals surface area (Å²) in [5.74, 6) is 0.818. The fourth-order valence-corrected chi connectivity index (χ4v) is 2.63. The fraction of sp³-hybridized carbons (Fsp3) is 0.417. The lowest BCUT2D eigenvalue weighted by Gasteiger charge is -2.19. The molecule has 1 aromatic carbocycles. The van der Waals surface area contributed by atoms with Crippen molar-refractivity contribution in [3.63, 3.8) is 0 Å². The highest BCUT2D eigenvalue weighted by Crippen LogP contribution is 2.34. The molecule has 0 N–H and O–H groups in total. The molecule has 1 heterocycles. The van der Waals surface area contributed by atoms with Gasteiger partial charge in [0.1, 0.15) is 0 Å². The highest BCUT2D eigenvalue weighted by molar-refractivity contribution is 6.42. The quantitative estimate of drug-likeness (QED) is 0.757. The van der Waals surface area contributed by atoms with E-state index in [9.17, 15) is 4.79 Å². The van der Waals surface area contributed by atoms with Gasteiger partial charge in [0.2, 0.25) is 5.91 Å². The first-order chi connectivity index (χ1) is 8.02. The average molecular weight is 293 g/mol. The lowest BCUT2D eigenvalue weighted by atomic mass is 10.1. The minimum Gasteiger partial charge on any atom is -0.312 e. The van der Waals surface area contributed by atoms with Crippen molar-refractivity contribution >= 4 is 46.4 Å². The lowest BCUT2D eigenvalue weighted by Crippen LogP contribution is -2.25. The van der Waals surface area contributed by atoms with E-state index >= 15 is 0 Å². The molecular formula is C12H12Cl3NO. The van der Waals surface area contributed by atoms with Crippen LogP contribution in [0.1, 0.15) is 12.0 Å². The van der Waals surface area contributed by atoms with E-state index in [-0.39, 0.29) is 11.8 Å². The second-order valence-electron chi connectivity index (χ2n) is 4.28. The third-order valence-electron chi connectivity index (χ3n) is 2.95. The van der Waals surface area contributed by atoms with E-state index in [1.54, 1.807) is 17.0 Å². The Balaban J connectivity index is 2.35. The molecular weight excluding hydrogens is 280 g/mol. The number of alkyl halides is 1. The van der Waals surface area contributed by atoms with E-state index in [2.05, 4.69) is 0 Å². The number of nitrogens with zero attached hydrogens (tertiary/aromatic N) is 1. The van der Waals surface area contributed by atoms with Crippen molar-refractivity contribution < 1.29 is 4.79 Å². The van der Waals surface area contributed by atoms with Gasteiger partial charge in [0, 0.05) is 24.5 Å². The summed E-state index contributed by atoms with van der Waals surface area (Å²) in [4.78, 5) is 13.6. The number of carbonyl (C=O) groups excluding carboxylic acids is 1. The van der Waals surface area contributed by atoms with Crippen LogP contribution in [-0.2, 0) is 4.79 Å². The third-order valence-corrected chi connectivity index (χ3v) is 4.11. The van der Waals surface area contributed by atoms with Crippen molar-refractivity contribution in [2.24, 2.45) is 5.92 Å². The van der Waals surface area contributed by atoms with E-state index in [1.165, 1.54) is 0 Å². The molecule has 1 aromatic rings. The number of rotatable bonds is 2. The maximum atomic E-state index is 11.9. The van der Waals surface area contributed by atoms with Gasteiger partial charge in [-0.3, -0.25) is 4.79 Å². The van der Waals surface area contributed by atoms with E-state index in [0.29, 0.717) is 28.9 Å². The van der Waals surface area contributed by atoms with Crippen molar-refractivity contribution in [3.05, 3.63) is 27.7 Å². The van der Waals surface area contributed by atoms with Crippen LogP contribution in [0.3, 0.4) is 0 Å². The van der Waals surface area contributed by atoms with Gasteiger partial charge in [-0.05, 0) is 30.5 Å². The van der Waals surface area contributed by atoms with E-state index < -0.39 is 0 Å². The number of carbonyl (C=O) groups is 1. The van der Waals surface area contributed by atoms with Crippen molar-refractivity contribution in [2.45, 2.75) is 13.3 Å². The first kappa shape index (κ1) is 13.0. The molecule has 2 nitrogen and oxygen atoms in total. The molecule has 1 unspecified atom stereocenters. The Morgan fingerprint density at radius 2 is 2.00 bits per heavy atom. The van der Waals surface area contributed by atoms with Gasteiger partial charge in [-0.25, -0.2) is 0 Å². The van der Waals surface area contributed by atoms with Crippen LogP contribution in [0.5, 0.6) is 0 Å². The Bertz CT molecular complexity index is 461. The maximum Gasteiger partial charge on any atom is 0.227 e. The van der Waals surface area contributed by atoms with E-state index in [4.69, 9.17) is 34.8 Å². The van der Waals surface area contributed by atoms with Crippen LogP contribution in [0.15, 0.2) is 12.1 Å². The van der Waals surface area contributed by atoms with Gasteiger partial charge >= 0.3 is 0 Å². The second kappa shape index (κ2) is 5.05. The molecule has 0 aliphatic carbocycles. The summed E-state index contributed by atoms with van der Waals surface area (Å²) in [5.41, 5.74) is 1.78. The molecule has 0 saturated carbocycles. The summed E-state index contributed by atoms with van der Waals surface area (Å²) in [5, 5.41) is 0.975. The third kappa shape index (κ3) is 2.54. The standard InChI is InChI=1S/C12H12Cl3NO/c1-7-2-9(14)10(15)4-11(7)16-6-8(5-13)3-12(16)17/h2,4,8H,3,5-6H2,1H3. The largest absolute Gasteiger partial charge is 0.312 e. The molecule has 1 aliphatic rings. The van der Waals surface area contributed by atoms with Gasteiger partial charge in [0.15, 0.2) is 0 Å². The zero-order valence-electron chi connectivity index (χ0n) is 9.34. The number of halogens is 3. The highest BCUT2D eigenvalue weighted by Gasteiger charge is 2.30. The Hall–Kier alpha value is -0.440. The first-order valence-corrected chi connectivity index (χ1v) is 6.64. The van der Waals surface area contributed by atoms with Gasteiger partial charge < -0.3 is 4.90 Å². The molecule has 17 heavy (non-hydrogen) atoms. The molecule has 0 spiro atoms. The topological polar surface area (TPSA) is 20.3 Å². The SMILES string of the molecule is Cc1cc(Cl)c(Cl)cc1N1CC(CCl)CC1=O. The van der Waals surface area contributed by atoms with Gasteiger partial charge in [0.05, 0.1) is 10.0 Å². The summed E-state index contributed by atoms with van der Waals surface area (Å²) in [6.07, 6.45) is 0.503. The summed E-state index contributed by atoms with van der Waals surface area (Å²) < 4.78 is 0. The fourth-order valence-electron chi connectivity index (χ4n) is 2.04. The predicted molar refractivity (Wildman–Crippen MR) is 72.4 cm³/mol. The Kier molecular flexibility index (Phi) is 3.86. The lowest BCUT2D eigenvalue weighted by molar-refractivity contribution is -0.117. The van der Waals surface area contributed by atoms with Crippen LogP contribution in [0.4, 0.5) is 5.69 Å². The maximum absolute atomic E-state index is 11.9.